The molecule has 22 heteroatoms. The Bertz CT molecular complexity index is 2370. The van der Waals surface area contributed by atoms with Crippen molar-refractivity contribution in [1.82, 2.24) is 25.6 Å². The van der Waals surface area contributed by atoms with Gasteiger partial charge in [-0.15, -0.1) is 5.10 Å². The number of ether oxygens (including phenoxy) is 4. The van der Waals surface area contributed by atoms with E-state index in [0.29, 0.717) is 62.5 Å². The van der Waals surface area contributed by atoms with Gasteiger partial charge < -0.3 is 59.4 Å². The molecule has 4 rings (SSSR count). The summed E-state index contributed by atoms with van der Waals surface area (Å²) in [7, 11) is -4.68. The fourth-order valence-electron chi connectivity index (χ4n) is 7.49. The molecule has 1 aromatic heterocycles. The van der Waals surface area contributed by atoms with Gasteiger partial charge in [-0.1, -0.05) is 36.3 Å². The molecule has 0 spiro atoms. The first kappa shape index (κ1) is 59.8. The van der Waals surface area contributed by atoms with E-state index in [1.165, 1.54) is 26.0 Å². The summed E-state index contributed by atoms with van der Waals surface area (Å²) in [6, 6.07) is 10.7. The number of nitrogens with one attached hydrogen (secondary N) is 2. The van der Waals surface area contributed by atoms with Crippen molar-refractivity contribution in [2.24, 2.45) is 11.1 Å². The average Bonchev–Trinajstić information content (AvgIpc) is 3.75. The quantitative estimate of drug-likeness (QED) is 0.0292. The van der Waals surface area contributed by atoms with E-state index in [2.05, 4.69) is 39.9 Å². The van der Waals surface area contributed by atoms with Gasteiger partial charge in [0.1, 0.15) is 24.4 Å². The van der Waals surface area contributed by atoms with E-state index >= 15 is 0 Å². The highest BCUT2D eigenvalue weighted by Gasteiger charge is 2.45. The molecule has 1 saturated heterocycles. The number of benzene rings is 2. The summed E-state index contributed by atoms with van der Waals surface area (Å²) in [5, 5.41) is 68.2. The zero-order valence-electron chi connectivity index (χ0n) is 43.7. The van der Waals surface area contributed by atoms with Crippen LogP contribution in [0.5, 0.6) is 11.5 Å². The highest BCUT2D eigenvalue weighted by Crippen LogP contribution is 2.34. The van der Waals surface area contributed by atoms with Gasteiger partial charge in [0.25, 0.3) is 11.8 Å². The van der Waals surface area contributed by atoms with Crippen molar-refractivity contribution in [3.8, 4) is 11.5 Å². The summed E-state index contributed by atoms with van der Waals surface area (Å²) >= 11 is 0. The Hall–Kier alpha value is -4.78. The predicted molar refractivity (Wildman–Crippen MR) is 266 cm³/mol. The summed E-state index contributed by atoms with van der Waals surface area (Å²) in [5.74, 6) is -1.13. The second kappa shape index (κ2) is 25.4. The van der Waals surface area contributed by atoms with Gasteiger partial charge in [0.05, 0.1) is 40.9 Å². The number of rotatable bonds is 28. The van der Waals surface area contributed by atoms with Crippen molar-refractivity contribution >= 4 is 27.9 Å². The summed E-state index contributed by atoms with van der Waals surface area (Å²) in [6.07, 6.45) is -3.53. The van der Waals surface area contributed by atoms with Crippen LogP contribution < -0.4 is 19.6 Å². The fourth-order valence-corrected chi connectivity index (χ4v) is 8.35. The zero-order chi connectivity index (χ0) is 53.8. The maximum atomic E-state index is 13.3. The number of aliphatic hydroxyl groups is 4. The van der Waals surface area contributed by atoms with Crippen LogP contribution in [0.15, 0.2) is 53.8 Å². The second-order valence-electron chi connectivity index (χ2n) is 21.4. The molecule has 1 aliphatic heterocycles. The Morgan fingerprint density at radius 1 is 0.819 bits per heavy atom. The van der Waals surface area contributed by atoms with Crippen molar-refractivity contribution in [2.75, 3.05) is 26.4 Å². The van der Waals surface area contributed by atoms with Crippen LogP contribution in [0.25, 0.3) is 0 Å². The van der Waals surface area contributed by atoms with Crippen molar-refractivity contribution in [1.29, 1.82) is 0 Å². The first-order valence-corrected chi connectivity index (χ1v) is 25.6. The number of nitrogens with zero attached hydrogens (tertiary/aromatic N) is 4. The molecule has 0 aliphatic carbocycles. The molecule has 7 N–H and O–H groups in total. The number of amides is 2. The number of aromatic nitrogens is 3. The van der Waals surface area contributed by atoms with E-state index in [4.69, 9.17) is 27.3 Å². The lowest BCUT2D eigenvalue weighted by molar-refractivity contribution is -0.277. The van der Waals surface area contributed by atoms with Gasteiger partial charge in [-0.25, -0.2) is 8.86 Å². The number of carbonyl (C=O) groups excluding carboxylic acids is 2. The van der Waals surface area contributed by atoms with Crippen LogP contribution in [-0.2, 0) is 40.8 Å². The zero-order valence-corrected chi connectivity index (χ0v) is 44.6. The second-order valence-corrected chi connectivity index (χ2v) is 22.5. The van der Waals surface area contributed by atoms with Crippen molar-refractivity contribution in [3.63, 3.8) is 0 Å². The first-order chi connectivity index (χ1) is 33.5. The van der Waals surface area contributed by atoms with Crippen LogP contribution in [0, 0.1) is 5.92 Å². The molecule has 0 saturated carbocycles. The molecule has 2 aromatic carbocycles. The fraction of sp³-hybridized carbons (Fsp3) is 0.660. The van der Waals surface area contributed by atoms with E-state index in [1.54, 1.807) is 24.3 Å². The van der Waals surface area contributed by atoms with Gasteiger partial charge in [-0.3, -0.25) is 9.59 Å². The number of oxime groups is 1. The Balaban J connectivity index is 1.25. The number of hydrogen-bond acceptors (Lipinski definition) is 18. The molecule has 0 unspecified atom stereocenters. The minimum absolute atomic E-state index is 0.0141. The minimum atomic E-state index is -4.68. The molecule has 2 amide bonds. The molecule has 1 aliphatic rings. The van der Waals surface area contributed by atoms with E-state index in [1.807, 2.05) is 66.3 Å². The van der Waals surface area contributed by atoms with Gasteiger partial charge in [-0.2, -0.15) is 8.42 Å². The van der Waals surface area contributed by atoms with Crippen LogP contribution in [0.2, 0.25) is 0 Å². The summed E-state index contributed by atoms with van der Waals surface area (Å²) in [6.45, 7) is 23.1. The van der Waals surface area contributed by atoms with E-state index < -0.39 is 87.8 Å². The summed E-state index contributed by atoms with van der Waals surface area (Å²) in [4.78, 5) is 26.5. The number of hydrogen-bond donors (Lipinski definition) is 7. The number of carbonyl (C=O) groups is 2. The van der Waals surface area contributed by atoms with E-state index in [-0.39, 0.29) is 23.8 Å². The molecular weight excluding hydrogens is 957 g/mol. The van der Waals surface area contributed by atoms with Crippen LogP contribution in [0.1, 0.15) is 147 Å². The van der Waals surface area contributed by atoms with Crippen LogP contribution in [-0.4, -0.2) is 146 Å². The Morgan fingerprint density at radius 3 is 2.07 bits per heavy atom. The van der Waals surface area contributed by atoms with E-state index in [0.717, 1.165) is 23.7 Å². The normalized spacial score (nSPS) is 19.4. The molecular formula is C50H78N6O15S. The van der Waals surface area contributed by atoms with E-state index in [9.17, 15) is 43.6 Å². The smallest absolute Gasteiger partial charge is 0.449 e. The van der Waals surface area contributed by atoms with Crippen LogP contribution in [0.4, 0.5) is 0 Å². The topological polar surface area (TPSA) is 292 Å². The largest absolute Gasteiger partial charge is 0.458 e. The molecule has 3 aromatic rings. The van der Waals surface area contributed by atoms with Gasteiger partial charge in [0, 0.05) is 49.0 Å². The lowest BCUT2D eigenvalue weighted by Gasteiger charge is -2.39. The molecule has 404 valence electrons. The summed E-state index contributed by atoms with van der Waals surface area (Å²) in [5.41, 5.74) is 0.318. The molecule has 5 atom stereocenters. The molecule has 0 radical (unpaired) electrons. The molecule has 2 heterocycles. The minimum Gasteiger partial charge on any atom is -0.458 e. The lowest BCUT2D eigenvalue weighted by atomic mass is 9.98. The van der Waals surface area contributed by atoms with Crippen molar-refractivity contribution < 1.29 is 71.0 Å². The Morgan fingerprint density at radius 2 is 1.44 bits per heavy atom. The highest BCUT2D eigenvalue weighted by molar-refractivity contribution is 7.82. The van der Waals surface area contributed by atoms with Crippen molar-refractivity contribution in [3.05, 3.63) is 71.0 Å². The van der Waals surface area contributed by atoms with Gasteiger partial charge in [0.2, 0.25) is 6.29 Å². The lowest BCUT2D eigenvalue weighted by Crippen LogP contribution is -2.60. The van der Waals surface area contributed by atoms with Gasteiger partial charge >= 0.3 is 10.4 Å². The first-order valence-electron chi connectivity index (χ1n) is 24.3. The Labute approximate surface area is 423 Å². The Kier molecular flexibility index (Phi) is 21.1. The third-order valence-electron chi connectivity index (χ3n) is 12.0. The van der Waals surface area contributed by atoms with Gasteiger partial charge in [0.15, 0.2) is 11.5 Å². The standard InChI is InChI=1S/C50H78N6O15S/c1-31(2)13-19-37(54-63)33-14-16-34(17-15-33)45(62)52-47(5,6)22-25-67-50(11,12)28-36-29-56(55-53-36)48(7,8)23-26-66-49(9,10)21-24-51-44(61)35-18-20-38(39(27-35)71-72(64,65)70-32(3)4)68-46-43(60)42(59)41(58)40(30-57)69-46/h14-18,20,27,29,31-32,40-43,46,57-60,63H,13,19,21-26,28,30H2,1-12H3,(H,51,61)(H,52,62)/b54-37-/t40-,41+,42+,43-,46-/m1/s1. The molecule has 1 fully saturated rings. The van der Waals surface area contributed by atoms with Gasteiger partial charge in [-0.05, 0) is 143 Å². The maximum absolute atomic E-state index is 13.3. The molecule has 72 heavy (non-hydrogen) atoms. The number of aliphatic hydroxyl groups excluding tert-OH is 4. The third kappa shape index (κ3) is 18.3. The highest BCUT2D eigenvalue weighted by atomic mass is 32.3. The van der Waals surface area contributed by atoms with Crippen LogP contribution >= 0.6 is 0 Å². The SMILES string of the molecule is CC(C)CC/C(=N/O)c1ccc(C(=O)NC(C)(C)CCOC(C)(C)Cc2cn(C(C)(C)CCOC(C)(C)CCNC(=O)c3ccc(O[C@@H]4O[C@H](CO)[C@H](O)[C@H](O)[C@H]4O)c(OS(=O)(=O)OC(C)C)c3)nn2)cc1. The maximum Gasteiger partial charge on any atom is 0.449 e. The third-order valence-corrected chi connectivity index (χ3v) is 13.0. The average molecular weight is 1040 g/mol. The van der Waals surface area contributed by atoms with Crippen LogP contribution in [0.3, 0.4) is 0 Å². The summed E-state index contributed by atoms with van der Waals surface area (Å²) < 4.78 is 60.8. The predicted octanol–water partition coefficient (Wildman–Crippen LogP) is 4.80. The molecule has 0 bridgehead atoms. The monoisotopic (exact) mass is 1030 g/mol. The molecule has 21 nitrogen and oxygen atoms in total. The van der Waals surface area contributed by atoms with Crippen molar-refractivity contribution in [2.45, 2.75) is 181 Å².